The highest BCUT2D eigenvalue weighted by Gasteiger charge is 2.02. The first-order chi connectivity index (χ1) is 6.63. The zero-order chi connectivity index (χ0) is 10.6. The molecule has 74 valence electrons. The van der Waals surface area contributed by atoms with Crippen LogP contribution in [0.1, 0.15) is 0 Å². The molecule has 0 saturated heterocycles. The fourth-order valence-electron chi connectivity index (χ4n) is 0.816. The van der Waals surface area contributed by atoms with Gasteiger partial charge in [0.2, 0.25) is 0 Å². The fourth-order valence-corrected chi connectivity index (χ4v) is 1.70. The van der Waals surface area contributed by atoms with E-state index in [9.17, 15) is 0 Å². The van der Waals surface area contributed by atoms with Crippen molar-refractivity contribution < 1.29 is 4.74 Å². The number of ether oxygens (including phenoxy) is 1. The van der Waals surface area contributed by atoms with Crippen LogP contribution >= 0.6 is 23.4 Å². The van der Waals surface area contributed by atoms with Gasteiger partial charge in [0.05, 0.1) is 7.11 Å². The van der Waals surface area contributed by atoms with Crippen LogP contribution in [0.25, 0.3) is 0 Å². The quantitative estimate of drug-likeness (QED) is 0.434. The fraction of sp³-hybridized carbons (Fsp3) is 0.0909. The van der Waals surface area contributed by atoms with E-state index in [1.807, 2.05) is 24.3 Å². The Morgan fingerprint density at radius 3 is 2.36 bits per heavy atom. The molecule has 1 aromatic carbocycles. The van der Waals surface area contributed by atoms with Crippen molar-refractivity contribution in [3.63, 3.8) is 0 Å². The molecule has 0 bridgehead atoms. The van der Waals surface area contributed by atoms with Gasteiger partial charge in [-0.2, -0.15) is 0 Å². The summed E-state index contributed by atoms with van der Waals surface area (Å²) in [6.07, 6.45) is 0. The summed E-state index contributed by atoms with van der Waals surface area (Å²) in [4.78, 5) is 1.87. The van der Waals surface area contributed by atoms with Gasteiger partial charge in [-0.1, -0.05) is 36.5 Å². The minimum absolute atomic E-state index is 0.588. The van der Waals surface area contributed by atoms with Crippen molar-refractivity contribution in [2.24, 2.45) is 0 Å². The summed E-state index contributed by atoms with van der Waals surface area (Å²) in [5.74, 6) is 0.588. The SMILES string of the molecule is C=C(OC)C(=C)Sc1ccc(Cl)cc1. The molecule has 0 aliphatic rings. The zero-order valence-electron chi connectivity index (χ0n) is 7.92. The molecule has 0 aliphatic carbocycles. The second-order valence-electron chi connectivity index (χ2n) is 2.61. The summed E-state index contributed by atoms with van der Waals surface area (Å²) in [6, 6.07) is 7.54. The van der Waals surface area contributed by atoms with Crippen LogP contribution in [-0.4, -0.2) is 7.11 Å². The van der Waals surface area contributed by atoms with E-state index in [1.165, 1.54) is 11.8 Å². The molecule has 1 aromatic rings. The van der Waals surface area contributed by atoms with Crippen molar-refractivity contribution in [3.8, 4) is 0 Å². The Morgan fingerprint density at radius 1 is 1.29 bits per heavy atom. The van der Waals surface area contributed by atoms with Crippen LogP contribution < -0.4 is 0 Å². The molecule has 0 aromatic heterocycles. The van der Waals surface area contributed by atoms with Crippen LogP contribution in [0, 0.1) is 0 Å². The lowest BCUT2D eigenvalue weighted by atomic mass is 10.4. The average Bonchev–Trinajstić information content (AvgIpc) is 2.20. The predicted molar refractivity (Wildman–Crippen MR) is 62.6 cm³/mol. The van der Waals surface area contributed by atoms with Gasteiger partial charge in [0.15, 0.2) is 0 Å². The second-order valence-corrected chi connectivity index (χ2v) is 4.21. The van der Waals surface area contributed by atoms with Crippen molar-refractivity contribution in [1.29, 1.82) is 0 Å². The van der Waals surface area contributed by atoms with Gasteiger partial charge in [-0.25, -0.2) is 0 Å². The van der Waals surface area contributed by atoms with Crippen LogP contribution in [0.5, 0.6) is 0 Å². The van der Waals surface area contributed by atoms with Crippen molar-refractivity contribution in [1.82, 2.24) is 0 Å². The zero-order valence-corrected chi connectivity index (χ0v) is 9.49. The van der Waals surface area contributed by atoms with E-state index in [0.717, 1.165) is 14.8 Å². The van der Waals surface area contributed by atoms with Gasteiger partial charge in [0, 0.05) is 14.8 Å². The molecule has 3 heteroatoms. The van der Waals surface area contributed by atoms with Gasteiger partial charge >= 0.3 is 0 Å². The summed E-state index contributed by atoms with van der Waals surface area (Å²) in [5.41, 5.74) is 0. The Balaban J connectivity index is 2.65. The van der Waals surface area contributed by atoms with Gasteiger partial charge in [0.1, 0.15) is 5.76 Å². The number of hydrogen-bond donors (Lipinski definition) is 0. The van der Waals surface area contributed by atoms with E-state index in [1.54, 1.807) is 7.11 Å². The van der Waals surface area contributed by atoms with Crippen LogP contribution in [0.3, 0.4) is 0 Å². The van der Waals surface area contributed by atoms with Crippen LogP contribution in [-0.2, 0) is 4.74 Å². The van der Waals surface area contributed by atoms with Gasteiger partial charge in [-0.05, 0) is 24.3 Å². The third kappa shape index (κ3) is 3.13. The largest absolute Gasteiger partial charge is 0.496 e. The maximum atomic E-state index is 5.76. The van der Waals surface area contributed by atoms with Crippen molar-refractivity contribution in [2.75, 3.05) is 7.11 Å². The molecule has 0 unspecified atom stereocenters. The van der Waals surface area contributed by atoms with Gasteiger partial charge < -0.3 is 4.74 Å². The highest BCUT2D eigenvalue weighted by molar-refractivity contribution is 8.03. The van der Waals surface area contributed by atoms with E-state index < -0.39 is 0 Å². The van der Waals surface area contributed by atoms with Crippen molar-refractivity contribution in [3.05, 3.63) is 53.1 Å². The average molecular weight is 227 g/mol. The molecule has 0 spiro atoms. The molecule has 14 heavy (non-hydrogen) atoms. The normalized spacial score (nSPS) is 9.57. The summed E-state index contributed by atoms with van der Waals surface area (Å²) < 4.78 is 4.97. The molecule has 0 heterocycles. The first-order valence-electron chi connectivity index (χ1n) is 3.99. The molecular weight excluding hydrogens is 216 g/mol. The summed E-state index contributed by atoms with van der Waals surface area (Å²) in [7, 11) is 1.58. The molecular formula is C11H11ClOS. The third-order valence-electron chi connectivity index (χ3n) is 1.61. The van der Waals surface area contributed by atoms with Crippen molar-refractivity contribution >= 4 is 23.4 Å². The maximum Gasteiger partial charge on any atom is 0.125 e. The topological polar surface area (TPSA) is 9.23 Å². The van der Waals surface area contributed by atoms with Crippen molar-refractivity contribution in [2.45, 2.75) is 4.90 Å². The van der Waals surface area contributed by atoms with E-state index in [-0.39, 0.29) is 0 Å². The molecule has 0 N–H and O–H groups in total. The second kappa shape index (κ2) is 5.13. The molecule has 0 radical (unpaired) electrons. The van der Waals surface area contributed by atoms with E-state index in [4.69, 9.17) is 16.3 Å². The Hall–Kier alpha value is -0.860. The maximum absolute atomic E-state index is 5.76. The number of hydrogen-bond acceptors (Lipinski definition) is 2. The lowest BCUT2D eigenvalue weighted by Crippen LogP contribution is -1.84. The number of benzene rings is 1. The number of rotatable bonds is 4. The lowest BCUT2D eigenvalue weighted by molar-refractivity contribution is 0.307. The molecule has 1 rings (SSSR count). The first kappa shape index (κ1) is 11.2. The van der Waals surface area contributed by atoms with Crippen LogP contribution in [0.2, 0.25) is 5.02 Å². The Labute approximate surface area is 93.4 Å². The van der Waals surface area contributed by atoms with E-state index in [0.29, 0.717) is 5.76 Å². The molecule has 0 amide bonds. The Kier molecular flexibility index (Phi) is 4.11. The van der Waals surface area contributed by atoms with Gasteiger partial charge in [-0.3, -0.25) is 0 Å². The number of thioether (sulfide) groups is 1. The lowest BCUT2D eigenvalue weighted by Gasteiger charge is -2.06. The summed E-state index contributed by atoms with van der Waals surface area (Å²) in [5, 5.41) is 0.727. The standard InChI is InChI=1S/C11H11ClOS/c1-8(13-3)9(2)14-11-6-4-10(12)5-7-11/h4-7H,1-2H2,3H3. The minimum Gasteiger partial charge on any atom is -0.496 e. The molecule has 0 aliphatic heterocycles. The predicted octanol–water partition coefficient (Wildman–Crippen LogP) is 4.11. The smallest absolute Gasteiger partial charge is 0.125 e. The summed E-state index contributed by atoms with van der Waals surface area (Å²) >= 11 is 7.27. The number of methoxy groups -OCH3 is 1. The highest BCUT2D eigenvalue weighted by Crippen LogP contribution is 2.30. The molecule has 0 fully saturated rings. The Morgan fingerprint density at radius 2 is 1.86 bits per heavy atom. The molecule has 1 nitrogen and oxygen atoms in total. The minimum atomic E-state index is 0.588. The van der Waals surface area contributed by atoms with Gasteiger partial charge in [0.25, 0.3) is 0 Å². The van der Waals surface area contributed by atoms with Gasteiger partial charge in [-0.15, -0.1) is 0 Å². The summed E-state index contributed by atoms with van der Waals surface area (Å²) in [6.45, 7) is 7.57. The van der Waals surface area contributed by atoms with Crippen LogP contribution in [0.4, 0.5) is 0 Å². The molecule has 0 atom stereocenters. The van der Waals surface area contributed by atoms with E-state index >= 15 is 0 Å². The highest BCUT2D eigenvalue weighted by atomic mass is 35.5. The number of halogens is 1. The van der Waals surface area contributed by atoms with E-state index in [2.05, 4.69) is 13.2 Å². The Bertz CT molecular complexity index is 343. The third-order valence-corrected chi connectivity index (χ3v) is 2.85. The van der Waals surface area contributed by atoms with Crippen LogP contribution in [0.15, 0.2) is 53.0 Å². The first-order valence-corrected chi connectivity index (χ1v) is 5.18. The monoisotopic (exact) mass is 226 g/mol. The molecule has 0 saturated carbocycles.